The fraction of sp³-hybridized carbons (Fsp3) is 0.296. The van der Waals surface area contributed by atoms with Gasteiger partial charge in [-0.25, -0.2) is 8.42 Å². The number of benzene rings is 3. The summed E-state index contributed by atoms with van der Waals surface area (Å²) in [5.41, 5.74) is 1.85. The smallest absolute Gasteiger partial charge is 0.243 e. The van der Waals surface area contributed by atoms with Crippen LogP contribution in [0.2, 0.25) is 0 Å². The zero-order chi connectivity index (χ0) is 24.5. The van der Waals surface area contributed by atoms with Crippen molar-refractivity contribution in [1.82, 2.24) is 4.31 Å². The Kier molecular flexibility index (Phi) is 6.25. The first-order valence-corrected chi connectivity index (χ1v) is 13.2. The van der Waals surface area contributed by atoms with Crippen molar-refractivity contribution >= 4 is 21.6 Å². The molecule has 0 spiro atoms. The van der Waals surface area contributed by atoms with Crippen LogP contribution in [0.15, 0.2) is 77.7 Å². The first-order chi connectivity index (χ1) is 16.9. The molecule has 7 nitrogen and oxygen atoms in total. The summed E-state index contributed by atoms with van der Waals surface area (Å²) in [5, 5.41) is 3.07. The number of sulfonamides is 1. The summed E-state index contributed by atoms with van der Waals surface area (Å²) in [6.07, 6.45) is 0.747. The first-order valence-electron chi connectivity index (χ1n) is 11.7. The van der Waals surface area contributed by atoms with E-state index in [2.05, 4.69) is 5.32 Å². The van der Waals surface area contributed by atoms with Gasteiger partial charge < -0.3 is 14.8 Å². The van der Waals surface area contributed by atoms with Crippen LogP contribution in [0, 0.1) is 6.92 Å². The lowest BCUT2D eigenvalue weighted by molar-refractivity contribution is -0.123. The van der Waals surface area contributed by atoms with Crippen molar-refractivity contribution < 1.29 is 22.7 Å². The number of aryl methyl sites for hydroxylation is 1. The van der Waals surface area contributed by atoms with Gasteiger partial charge in [0, 0.05) is 24.8 Å². The van der Waals surface area contributed by atoms with Gasteiger partial charge >= 0.3 is 0 Å². The van der Waals surface area contributed by atoms with Gasteiger partial charge in [-0.15, -0.1) is 0 Å². The van der Waals surface area contributed by atoms with Crippen LogP contribution >= 0.6 is 0 Å². The van der Waals surface area contributed by atoms with Crippen molar-refractivity contribution in [2.45, 2.75) is 30.1 Å². The number of carbonyl (C=O) groups excluding carboxylic acids is 1. The Morgan fingerprint density at radius 3 is 2.31 bits per heavy atom. The highest BCUT2D eigenvalue weighted by Gasteiger charge is 2.45. The van der Waals surface area contributed by atoms with Crippen LogP contribution in [0.5, 0.6) is 11.5 Å². The molecule has 1 N–H and O–H groups in total. The number of piperidine rings is 1. The number of hydrogen-bond acceptors (Lipinski definition) is 5. The second-order valence-electron chi connectivity index (χ2n) is 8.98. The summed E-state index contributed by atoms with van der Waals surface area (Å²) in [4.78, 5) is 13.8. The molecule has 0 radical (unpaired) electrons. The SMILES string of the molecule is Cc1cccc(NC(=O)C2(c3ccccc3)CCN(S(=O)(=O)c3ccc4c(c3)OCCO4)CC2)c1. The number of nitrogens with one attached hydrogen (secondary N) is 1. The number of ether oxygens (including phenoxy) is 2. The van der Waals surface area contributed by atoms with E-state index in [1.54, 1.807) is 12.1 Å². The minimum atomic E-state index is -3.75. The Morgan fingerprint density at radius 1 is 0.886 bits per heavy atom. The van der Waals surface area contributed by atoms with Crippen LogP contribution < -0.4 is 14.8 Å². The van der Waals surface area contributed by atoms with Crippen molar-refractivity contribution in [3.05, 3.63) is 83.9 Å². The standard InChI is InChI=1S/C27H28N2O5S/c1-20-6-5-9-22(18-20)28-26(30)27(21-7-3-2-4-8-21)12-14-29(15-13-27)35(31,32)23-10-11-24-25(19-23)34-17-16-33-24/h2-11,18-19H,12-17H2,1H3,(H,28,30). The maximum absolute atomic E-state index is 13.7. The predicted octanol–water partition coefficient (Wildman–Crippen LogP) is 4.13. The molecule has 182 valence electrons. The van der Waals surface area contributed by atoms with Gasteiger partial charge in [-0.2, -0.15) is 4.31 Å². The molecule has 2 heterocycles. The number of nitrogens with zero attached hydrogens (tertiary/aromatic N) is 1. The average molecular weight is 493 g/mol. The quantitative estimate of drug-likeness (QED) is 0.579. The van der Waals surface area contributed by atoms with E-state index in [-0.39, 0.29) is 23.9 Å². The zero-order valence-corrected chi connectivity index (χ0v) is 20.4. The van der Waals surface area contributed by atoms with E-state index in [4.69, 9.17) is 9.47 Å². The Morgan fingerprint density at radius 2 is 1.60 bits per heavy atom. The van der Waals surface area contributed by atoms with Crippen LogP contribution in [0.4, 0.5) is 5.69 Å². The monoisotopic (exact) mass is 492 g/mol. The third kappa shape index (κ3) is 4.51. The summed E-state index contributed by atoms with van der Waals surface area (Å²) in [6, 6.07) is 22.0. The number of anilines is 1. The third-order valence-electron chi connectivity index (χ3n) is 6.76. The van der Waals surface area contributed by atoms with Crippen LogP contribution in [-0.2, 0) is 20.2 Å². The normalized spacial score (nSPS) is 17.5. The molecule has 35 heavy (non-hydrogen) atoms. The molecule has 5 rings (SSSR count). The highest BCUT2D eigenvalue weighted by atomic mass is 32.2. The summed E-state index contributed by atoms with van der Waals surface area (Å²) >= 11 is 0. The predicted molar refractivity (Wildman–Crippen MR) is 133 cm³/mol. The lowest BCUT2D eigenvalue weighted by Gasteiger charge is -2.40. The summed E-state index contributed by atoms with van der Waals surface area (Å²) in [5.74, 6) is 0.862. The maximum atomic E-state index is 13.7. The number of rotatable bonds is 5. The molecule has 1 fully saturated rings. The molecule has 8 heteroatoms. The van der Waals surface area contributed by atoms with Crippen molar-refractivity contribution in [3.63, 3.8) is 0 Å². The fourth-order valence-electron chi connectivity index (χ4n) is 4.82. The van der Waals surface area contributed by atoms with Gasteiger partial charge in [0.2, 0.25) is 15.9 Å². The van der Waals surface area contributed by atoms with Gasteiger partial charge in [0.25, 0.3) is 0 Å². The molecule has 1 saturated heterocycles. The first kappa shape index (κ1) is 23.4. The molecule has 0 aromatic heterocycles. The Bertz CT molecular complexity index is 1330. The highest BCUT2D eigenvalue weighted by Crippen LogP contribution is 2.39. The number of fused-ring (bicyclic) bond motifs is 1. The molecule has 0 bridgehead atoms. The van der Waals surface area contributed by atoms with Gasteiger partial charge in [0.05, 0.1) is 10.3 Å². The van der Waals surface area contributed by atoms with Gasteiger partial charge in [-0.1, -0.05) is 42.5 Å². The van der Waals surface area contributed by atoms with Crippen molar-refractivity contribution in [2.75, 3.05) is 31.6 Å². The molecular weight excluding hydrogens is 464 g/mol. The van der Waals surface area contributed by atoms with E-state index >= 15 is 0 Å². The minimum absolute atomic E-state index is 0.120. The highest BCUT2D eigenvalue weighted by molar-refractivity contribution is 7.89. The van der Waals surface area contributed by atoms with Crippen molar-refractivity contribution in [3.8, 4) is 11.5 Å². The van der Waals surface area contributed by atoms with Gasteiger partial charge in [0.15, 0.2) is 11.5 Å². The lowest BCUT2D eigenvalue weighted by Crippen LogP contribution is -2.50. The third-order valence-corrected chi connectivity index (χ3v) is 8.66. The summed E-state index contributed by atoms with van der Waals surface area (Å²) in [7, 11) is -3.75. The minimum Gasteiger partial charge on any atom is -0.486 e. The largest absolute Gasteiger partial charge is 0.486 e. The van der Waals surface area contributed by atoms with Crippen LogP contribution in [-0.4, -0.2) is 44.9 Å². The zero-order valence-electron chi connectivity index (χ0n) is 19.6. The molecule has 2 aliphatic rings. The van der Waals surface area contributed by atoms with Gasteiger partial charge in [0.1, 0.15) is 13.2 Å². The van der Waals surface area contributed by atoms with Crippen molar-refractivity contribution in [1.29, 1.82) is 0 Å². The lowest BCUT2D eigenvalue weighted by atomic mass is 9.72. The molecule has 3 aromatic rings. The van der Waals surface area contributed by atoms with E-state index in [9.17, 15) is 13.2 Å². The summed E-state index contributed by atoms with van der Waals surface area (Å²) < 4.78 is 39.4. The van der Waals surface area contributed by atoms with E-state index in [1.165, 1.54) is 10.4 Å². The van der Waals surface area contributed by atoms with Crippen LogP contribution in [0.25, 0.3) is 0 Å². The van der Waals surface area contributed by atoms with E-state index < -0.39 is 15.4 Å². The molecule has 0 saturated carbocycles. The Balaban J connectivity index is 1.40. The maximum Gasteiger partial charge on any atom is 0.243 e. The summed E-state index contributed by atoms with van der Waals surface area (Å²) in [6.45, 7) is 3.26. The fourth-order valence-corrected chi connectivity index (χ4v) is 6.28. The van der Waals surface area contributed by atoms with Crippen LogP contribution in [0.3, 0.4) is 0 Å². The number of hydrogen-bond donors (Lipinski definition) is 1. The van der Waals surface area contributed by atoms with Crippen molar-refractivity contribution in [2.24, 2.45) is 0 Å². The van der Waals surface area contributed by atoms with Gasteiger partial charge in [-0.3, -0.25) is 4.79 Å². The molecule has 0 atom stereocenters. The second kappa shape index (κ2) is 9.36. The van der Waals surface area contributed by atoms with E-state index in [1.807, 2.05) is 61.5 Å². The molecule has 2 aliphatic heterocycles. The number of carbonyl (C=O) groups is 1. The molecule has 1 amide bonds. The molecular formula is C27H28N2O5S. The molecule has 0 unspecified atom stereocenters. The molecule has 0 aliphatic carbocycles. The topological polar surface area (TPSA) is 84.9 Å². The Labute approximate surface area is 205 Å². The van der Waals surface area contributed by atoms with Crippen LogP contribution in [0.1, 0.15) is 24.0 Å². The number of amides is 1. The molecule has 3 aromatic carbocycles. The Hall–Kier alpha value is -3.36. The second-order valence-corrected chi connectivity index (χ2v) is 10.9. The van der Waals surface area contributed by atoms with Gasteiger partial charge in [-0.05, 0) is 55.2 Å². The van der Waals surface area contributed by atoms with E-state index in [0.717, 1.165) is 16.8 Å². The van der Waals surface area contributed by atoms with E-state index in [0.29, 0.717) is 37.6 Å². The average Bonchev–Trinajstić information content (AvgIpc) is 2.89.